The van der Waals surface area contributed by atoms with E-state index < -0.39 is 21.4 Å². The summed E-state index contributed by atoms with van der Waals surface area (Å²) >= 11 is 0. The number of nitrogens with zero attached hydrogens (tertiary/aromatic N) is 3. The second-order valence-corrected chi connectivity index (χ2v) is 10.5. The highest BCUT2D eigenvalue weighted by atomic mass is 32.2. The molecule has 1 aromatic heterocycles. The van der Waals surface area contributed by atoms with Crippen molar-refractivity contribution in [2.75, 3.05) is 20.8 Å². The van der Waals surface area contributed by atoms with Crippen molar-refractivity contribution in [1.29, 1.82) is 0 Å². The predicted octanol–water partition coefficient (Wildman–Crippen LogP) is 4.30. The van der Waals surface area contributed by atoms with E-state index in [0.717, 1.165) is 16.8 Å². The molecule has 2 aromatic carbocycles. The minimum absolute atomic E-state index is 0.196. The number of aromatic nitrogens is 2. The Bertz CT molecular complexity index is 1120. The first-order valence-electron chi connectivity index (χ1n) is 11.4. The maximum absolute atomic E-state index is 14.0. The molecular formula is C26H33N3O5S. The standard InChI is InChI=1S/C26H33N3O5S/c1-6-34-26(25-16-27-19(2)15-28-25)20(3)35(30,31)29(17-21-7-11-23(32-4)12-8-21)18-22-9-13-24(33-5)14-10-22/h7-16,20,26H,6,17-18H2,1-5H3/t20-,26-/m0/s1. The Labute approximate surface area is 207 Å². The van der Waals surface area contributed by atoms with E-state index in [9.17, 15) is 8.42 Å². The minimum atomic E-state index is -3.83. The van der Waals surface area contributed by atoms with Gasteiger partial charge >= 0.3 is 0 Å². The summed E-state index contributed by atoms with van der Waals surface area (Å²) in [7, 11) is -0.638. The molecule has 0 aliphatic rings. The average molecular weight is 500 g/mol. The Morgan fingerprint density at radius 1 is 0.857 bits per heavy atom. The van der Waals surface area contributed by atoms with Crippen LogP contribution in [-0.4, -0.2) is 48.8 Å². The molecule has 8 nitrogen and oxygen atoms in total. The molecule has 0 amide bonds. The SMILES string of the molecule is CCO[C@H](c1cnc(C)cn1)[C@H](C)S(=O)(=O)N(Cc1ccc(OC)cc1)Cc1ccc(OC)cc1. The summed E-state index contributed by atoms with van der Waals surface area (Å²) in [4.78, 5) is 8.68. The fourth-order valence-electron chi connectivity index (χ4n) is 3.69. The van der Waals surface area contributed by atoms with Gasteiger partial charge in [-0.1, -0.05) is 24.3 Å². The average Bonchev–Trinajstić information content (AvgIpc) is 2.88. The molecule has 2 atom stereocenters. The van der Waals surface area contributed by atoms with E-state index in [1.807, 2.05) is 62.4 Å². The summed E-state index contributed by atoms with van der Waals surface area (Å²) in [5, 5.41) is -0.893. The number of sulfonamides is 1. The summed E-state index contributed by atoms with van der Waals surface area (Å²) in [5.41, 5.74) is 2.93. The number of hydrogen-bond acceptors (Lipinski definition) is 7. The zero-order valence-electron chi connectivity index (χ0n) is 20.8. The predicted molar refractivity (Wildman–Crippen MR) is 135 cm³/mol. The molecule has 0 radical (unpaired) electrons. The molecular weight excluding hydrogens is 466 g/mol. The maximum Gasteiger partial charge on any atom is 0.220 e. The van der Waals surface area contributed by atoms with Gasteiger partial charge in [-0.25, -0.2) is 8.42 Å². The lowest BCUT2D eigenvalue weighted by Crippen LogP contribution is -2.40. The van der Waals surface area contributed by atoms with Gasteiger partial charge in [0.25, 0.3) is 0 Å². The van der Waals surface area contributed by atoms with E-state index in [1.165, 1.54) is 4.31 Å². The third-order valence-corrected chi connectivity index (χ3v) is 7.90. The van der Waals surface area contributed by atoms with E-state index >= 15 is 0 Å². The van der Waals surface area contributed by atoms with Crippen molar-refractivity contribution >= 4 is 10.0 Å². The first-order valence-corrected chi connectivity index (χ1v) is 12.9. The Kier molecular flexibility index (Phi) is 9.20. The Hall–Kier alpha value is -3.01. The van der Waals surface area contributed by atoms with E-state index in [0.29, 0.717) is 23.8 Å². The van der Waals surface area contributed by atoms with Crippen molar-refractivity contribution in [3.63, 3.8) is 0 Å². The quantitative estimate of drug-likeness (QED) is 0.367. The molecule has 0 spiro atoms. The Morgan fingerprint density at radius 3 is 1.77 bits per heavy atom. The number of rotatable bonds is 12. The molecule has 0 aliphatic heterocycles. The van der Waals surface area contributed by atoms with Crippen LogP contribution in [0.5, 0.6) is 11.5 Å². The summed E-state index contributed by atoms with van der Waals surface area (Å²) < 4.78 is 45.8. The highest BCUT2D eigenvalue weighted by molar-refractivity contribution is 7.89. The van der Waals surface area contributed by atoms with Crippen LogP contribution < -0.4 is 9.47 Å². The highest BCUT2D eigenvalue weighted by Gasteiger charge is 2.37. The zero-order chi connectivity index (χ0) is 25.4. The smallest absolute Gasteiger partial charge is 0.220 e. The summed E-state index contributed by atoms with van der Waals surface area (Å²) in [6, 6.07) is 14.8. The molecule has 0 aliphatic carbocycles. The van der Waals surface area contributed by atoms with Crippen LogP contribution in [0.3, 0.4) is 0 Å². The molecule has 0 fully saturated rings. The normalized spacial score (nSPS) is 13.4. The summed E-state index contributed by atoms with van der Waals surface area (Å²) in [5.74, 6) is 1.42. The van der Waals surface area contributed by atoms with Gasteiger partial charge in [0, 0.05) is 25.9 Å². The number of methoxy groups -OCH3 is 2. The van der Waals surface area contributed by atoms with Crippen LogP contribution in [0.1, 0.15) is 42.5 Å². The van der Waals surface area contributed by atoms with Gasteiger partial charge < -0.3 is 14.2 Å². The number of ether oxygens (including phenoxy) is 3. The summed E-state index contributed by atoms with van der Waals surface area (Å²) in [6.45, 7) is 6.06. The van der Waals surface area contributed by atoms with Gasteiger partial charge in [0.05, 0.1) is 31.8 Å². The second-order valence-electron chi connectivity index (χ2n) is 8.17. The van der Waals surface area contributed by atoms with Crippen LogP contribution >= 0.6 is 0 Å². The lowest BCUT2D eigenvalue weighted by molar-refractivity contribution is 0.0573. The fraction of sp³-hybridized carbons (Fsp3) is 0.385. The van der Waals surface area contributed by atoms with Crippen molar-refractivity contribution in [1.82, 2.24) is 14.3 Å². The van der Waals surface area contributed by atoms with Crippen molar-refractivity contribution in [2.24, 2.45) is 0 Å². The van der Waals surface area contributed by atoms with Crippen molar-refractivity contribution in [3.05, 3.63) is 83.4 Å². The molecule has 9 heteroatoms. The first kappa shape index (κ1) is 26.6. The van der Waals surface area contributed by atoms with Gasteiger partial charge in [0.1, 0.15) is 22.9 Å². The minimum Gasteiger partial charge on any atom is -0.497 e. The molecule has 0 bridgehead atoms. The van der Waals surface area contributed by atoms with Crippen LogP contribution in [0.25, 0.3) is 0 Å². The van der Waals surface area contributed by atoms with Gasteiger partial charge in [0.15, 0.2) is 0 Å². The maximum atomic E-state index is 14.0. The molecule has 0 N–H and O–H groups in total. The topological polar surface area (TPSA) is 90.9 Å². The molecule has 35 heavy (non-hydrogen) atoms. The van der Waals surface area contributed by atoms with Gasteiger partial charge in [-0.15, -0.1) is 0 Å². The fourth-order valence-corrected chi connectivity index (χ4v) is 5.35. The van der Waals surface area contributed by atoms with Crippen molar-refractivity contribution < 1.29 is 22.6 Å². The Balaban J connectivity index is 1.95. The van der Waals surface area contributed by atoms with Gasteiger partial charge in [-0.3, -0.25) is 9.97 Å². The van der Waals surface area contributed by atoms with Crippen LogP contribution in [0, 0.1) is 6.92 Å². The van der Waals surface area contributed by atoms with E-state index in [1.54, 1.807) is 33.5 Å². The molecule has 188 valence electrons. The molecule has 3 aromatic rings. The van der Waals surface area contributed by atoms with Crippen LogP contribution in [0.15, 0.2) is 60.9 Å². The van der Waals surface area contributed by atoms with Gasteiger partial charge in [-0.2, -0.15) is 4.31 Å². The molecule has 0 saturated heterocycles. The highest BCUT2D eigenvalue weighted by Crippen LogP contribution is 2.29. The van der Waals surface area contributed by atoms with Crippen molar-refractivity contribution in [3.8, 4) is 11.5 Å². The van der Waals surface area contributed by atoms with E-state index in [4.69, 9.17) is 14.2 Å². The Morgan fingerprint density at radius 2 is 1.37 bits per heavy atom. The monoisotopic (exact) mass is 499 g/mol. The number of benzene rings is 2. The van der Waals surface area contributed by atoms with E-state index in [2.05, 4.69) is 9.97 Å². The van der Waals surface area contributed by atoms with E-state index in [-0.39, 0.29) is 13.1 Å². The number of aryl methyl sites for hydroxylation is 1. The first-order chi connectivity index (χ1) is 16.8. The third-order valence-electron chi connectivity index (χ3n) is 5.73. The lowest BCUT2D eigenvalue weighted by atomic mass is 10.2. The molecule has 1 heterocycles. The second kappa shape index (κ2) is 12.1. The third kappa shape index (κ3) is 6.78. The number of hydrogen-bond donors (Lipinski definition) is 0. The zero-order valence-corrected chi connectivity index (χ0v) is 21.7. The van der Waals surface area contributed by atoms with Crippen LogP contribution in [-0.2, 0) is 27.8 Å². The van der Waals surface area contributed by atoms with Gasteiger partial charge in [-0.05, 0) is 56.2 Å². The largest absolute Gasteiger partial charge is 0.497 e. The van der Waals surface area contributed by atoms with Crippen LogP contribution in [0.2, 0.25) is 0 Å². The van der Waals surface area contributed by atoms with Crippen LogP contribution in [0.4, 0.5) is 0 Å². The van der Waals surface area contributed by atoms with Gasteiger partial charge in [0.2, 0.25) is 10.0 Å². The lowest BCUT2D eigenvalue weighted by Gasteiger charge is -2.30. The molecule has 0 saturated carbocycles. The molecule has 3 rings (SSSR count). The summed E-state index contributed by atoms with van der Waals surface area (Å²) in [6.07, 6.45) is 2.44. The molecule has 0 unspecified atom stereocenters. The van der Waals surface area contributed by atoms with Crippen molar-refractivity contribution in [2.45, 2.75) is 45.2 Å².